The standard InChI is InChI=1S/C4H6NO2.Ir.H2N/c1-3(2)4(6)7-5;;/h5H,1H2,2H3;;1H2/q-1;+2;-1. The van der Waals surface area contributed by atoms with Gasteiger partial charge in [0.05, 0.1) is 0 Å². The molecule has 0 aromatic carbocycles. The molecule has 4 nitrogen and oxygen atoms in total. The molecule has 0 heterocycles. The monoisotopic (exact) mass is 309 g/mol. The van der Waals surface area contributed by atoms with Crippen LogP contribution in [0.5, 0.6) is 0 Å². The normalized spacial score (nSPS) is 9.11. The Morgan fingerprint density at radius 3 is 2.78 bits per heavy atom. The molecule has 0 aliphatic rings. The quantitative estimate of drug-likeness (QED) is 0.544. The van der Waals surface area contributed by atoms with Crippen molar-refractivity contribution in [1.82, 2.24) is 4.15 Å². The fourth-order valence-electron chi connectivity index (χ4n) is 0.138. The molecule has 0 saturated heterocycles. The van der Waals surface area contributed by atoms with Gasteiger partial charge in [-0.1, -0.05) is 0 Å². The Kier molecular flexibility index (Phi) is 4.52. The van der Waals surface area contributed by atoms with Crippen LogP contribution >= 0.6 is 0 Å². The van der Waals surface area contributed by atoms with Crippen molar-refractivity contribution >= 4 is 5.97 Å². The fraction of sp³-hybridized carbons (Fsp3) is 0.250. The first-order valence-corrected chi connectivity index (χ1v) is 4.66. The summed E-state index contributed by atoms with van der Waals surface area (Å²) in [6, 6.07) is 0. The Hall–Kier alpha value is -0.221. The summed E-state index contributed by atoms with van der Waals surface area (Å²) in [4.78, 5) is 14.9. The van der Waals surface area contributed by atoms with E-state index in [4.69, 9.17) is 4.40 Å². The zero-order valence-electron chi connectivity index (χ0n) is 4.93. The molecule has 0 aliphatic heterocycles. The summed E-state index contributed by atoms with van der Waals surface area (Å²) >= 11 is -0.794. The summed E-state index contributed by atoms with van der Waals surface area (Å²) in [6.45, 7) is 4.94. The number of rotatable bonds is 3. The predicted octanol–water partition coefficient (Wildman–Crippen LogP) is -0.519. The van der Waals surface area contributed by atoms with Gasteiger partial charge in [-0.15, -0.1) is 0 Å². The first kappa shape index (κ1) is 8.78. The summed E-state index contributed by atoms with van der Waals surface area (Å²) in [7, 11) is 0. The molecule has 0 atom stereocenters. The molecule has 55 valence electrons. The van der Waals surface area contributed by atoms with Gasteiger partial charge < -0.3 is 0 Å². The van der Waals surface area contributed by atoms with Crippen LogP contribution in [0.2, 0.25) is 0 Å². The van der Waals surface area contributed by atoms with E-state index in [1.165, 1.54) is 0 Å². The third-order valence-electron chi connectivity index (χ3n) is 0.514. The van der Waals surface area contributed by atoms with Crippen molar-refractivity contribution in [3.05, 3.63) is 12.2 Å². The molecule has 0 rings (SSSR count). The summed E-state index contributed by atoms with van der Waals surface area (Å²) in [5, 5.41) is 0. The van der Waals surface area contributed by atoms with E-state index in [0.29, 0.717) is 5.57 Å². The first-order chi connectivity index (χ1) is 4.18. The number of hydrogen-bond donors (Lipinski definition) is 2. The molecule has 3 N–H and O–H groups in total. The van der Waals surface area contributed by atoms with Crippen LogP contribution in [0.15, 0.2) is 12.2 Å². The Labute approximate surface area is 61.9 Å². The van der Waals surface area contributed by atoms with Gasteiger partial charge in [-0.3, -0.25) is 0 Å². The van der Waals surface area contributed by atoms with E-state index in [1.54, 1.807) is 6.92 Å². The molecule has 0 fully saturated rings. The first-order valence-electron chi connectivity index (χ1n) is 2.08. The molecule has 0 aromatic heterocycles. The van der Waals surface area contributed by atoms with Crippen LogP contribution < -0.4 is 8.55 Å². The molecule has 9 heavy (non-hydrogen) atoms. The van der Waals surface area contributed by atoms with E-state index in [-0.39, 0.29) is 0 Å². The Balaban J connectivity index is 3.39. The Bertz CT molecular complexity index is 126. The van der Waals surface area contributed by atoms with Crippen molar-refractivity contribution < 1.29 is 27.8 Å². The van der Waals surface area contributed by atoms with E-state index in [9.17, 15) is 4.79 Å². The van der Waals surface area contributed by atoms with Gasteiger partial charge in [0.1, 0.15) is 0 Å². The van der Waals surface area contributed by atoms with Crippen LogP contribution in [0.4, 0.5) is 0 Å². The van der Waals surface area contributed by atoms with E-state index >= 15 is 0 Å². The molecule has 0 aromatic rings. The van der Waals surface area contributed by atoms with Gasteiger partial charge in [0.25, 0.3) is 0 Å². The van der Waals surface area contributed by atoms with Crippen LogP contribution in [0.3, 0.4) is 0 Å². The van der Waals surface area contributed by atoms with E-state index in [2.05, 4.69) is 15.6 Å². The third kappa shape index (κ3) is 4.29. The summed E-state index contributed by atoms with van der Waals surface area (Å²) in [6.07, 6.45) is 0. The Morgan fingerprint density at radius 1 is 1.89 bits per heavy atom. The average Bonchev–Trinajstić information content (AvgIpc) is 1.82. The van der Waals surface area contributed by atoms with Gasteiger partial charge >= 0.3 is 61.4 Å². The second-order valence-electron chi connectivity index (χ2n) is 1.33. The van der Waals surface area contributed by atoms with Gasteiger partial charge in [0.2, 0.25) is 0 Å². The van der Waals surface area contributed by atoms with Crippen LogP contribution in [0, 0.1) is 0 Å². The maximum atomic E-state index is 10.5. The van der Waals surface area contributed by atoms with Crippen LogP contribution in [0.1, 0.15) is 6.92 Å². The van der Waals surface area contributed by atoms with Crippen molar-refractivity contribution in [3.63, 3.8) is 0 Å². The van der Waals surface area contributed by atoms with Gasteiger partial charge in [0, 0.05) is 0 Å². The van der Waals surface area contributed by atoms with Crippen LogP contribution in [-0.4, -0.2) is 5.97 Å². The second kappa shape index (κ2) is 4.64. The number of hydrogen-bond acceptors (Lipinski definition) is 4. The van der Waals surface area contributed by atoms with Crippen molar-refractivity contribution in [3.8, 4) is 0 Å². The SMILES string of the molecule is C=C(C)C(=O)O[NH][Ir][NH2]. The van der Waals surface area contributed by atoms with Crippen molar-refractivity contribution in [1.29, 1.82) is 0 Å². The zero-order valence-corrected chi connectivity index (χ0v) is 7.33. The molecular formula is C4H8IrN2O2. The number of nitrogens with one attached hydrogen (secondary N) is 1. The van der Waals surface area contributed by atoms with Crippen LogP contribution in [-0.2, 0) is 27.8 Å². The average molecular weight is 308 g/mol. The minimum atomic E-state index is -0.794. The van der Waals surface area contributed by atoms with E-state index in [1.807, 2.05) is 0 Å². The summed E-state index contributed by atoms with van der Waals surface area (Å²) in [5.41, 5.74) is 0.363. The van der Waals surface area contributed by atoms with Crippen molar-refractivity contribution in [2.24, 2.45) is 4.40 Å². The van der Waals surface area contributed by atoms with Crippen LogP contribution in [0.25, 0.3) is 0 Å². The zero-order chi connectivity index (χ0) is 7.28. The molecule has 0 spiro atoms. The van der Waals surface area contributed by atoms with Gasteiger partial charge in [-0.2, -0.15) is 0 Å². The van der Waals surface area contributed by atoms with Crippen molar-refractivity contribution in [2.45, 2.75) is 6.92 Å². The van der Waals surface area contributed by atoms with Gasteiger partial charge in [-0.05, 0) is 0 Å². The molecule has 0 radical (unpaired) electrons. The summed E-state index contributed by atoms with van der Waals surface area (Å²) in [5.74, 6) is -0.454. The van der Waals surface area contributed by atoms with Gasteiger partial charge in [-0.25, -0.2) is 0 Å². The maximum absolute atomic E-state index is 10.5. The molecule has 0 aliphatic carbocycles. The predicted molar refractivity (Wildman–Crippen MR) is 28.2 cm³/mol. The molecular weight excluding hydrogens is 300 g/mol. The number of nitrogens with two attached hydrogens (primary N) is 1. The molecule has 0 amide bonds. The van der Waals surface area contributed by atoms with Crippen molar-refractivity contribution in [2.75, 3.05) is 0 Å². The molecule has 0 saturated carbocycles. The van der Waals surface area contributed by atoms with Gasteiger partial charge in [0.15, 0.2) is 0 Å². The fourth-order valence-corrected chi connectivity index (χ4v) is 0.501. The third-order valence-corrected chi connectivity index (χ3v) is 1.04. The second-order valence-corrected chi connectivity index (χ2v) is 2.51. The van der Waals surface area contributed by atoms with E-state index in [0.717, 1.165) is 0 Å². The molecule has 0 bridgehead atoms. The molecule has 5 heteroatoms. The van der Waals surface area contributed by atoms with E-state index < -0.39 is 24.1 Å². The topological polar surface area (TPSA) is 64.3 Å². The molecule has 0 unspecified atom stereocenters. The number of carbonyl (C=O) groups excluding carboxylic acids is 1. The summed E-state index contributed by atoms with van der Waals surface area (Å²) < 4.78 is 7.41. The minimum absolute atomic E-state index is 0.363. The number of carbonyl (C=O) groups is 1. The Morgan fingerprint density at radius 2 is 2.44 bits per heavy atom.